The van der Waals surface area contributed by atoms with E-state index in [1.165, 1.54) is 21.5 Å². The maximum atomic E-state index is 5.78. The van der Waals surface area contributed by atoms with Crippen molar-refractivity contribution in [3.63, 3.8) is 0 Å². The lowest BCUT2D eigenvalue weighted by molar-refractivity contribution is 1.34. The zero-order valence-electron chi connectivity index (χ0n) is 13.0. The summed E-state index contributed by atoms with van der Waals surface area (Å²) in [6.07, 6.45) is 0. The molecule has 5 rings (SSSR count). The molecule has 114 valence electrons. The molecule has 0 atom stereocenters. The van der Waals surface area contributed by atoms with Gasteiger partial charge in [-0.3, -0.25) is 0 Å². The second kappa shape index (κ2) is 4.83. The van der Waals surface area contributed by atoms with Gasteiger partial charge >= 0.3 is 0 Å². The quantitative estimate of drug-likeness (QED) is 0.333. The monoisotopic (exact) mass is 309 g/mol. The number of benzene rings is 4. The standard InChI is InChI=1S/C21H15N3/c22-15-8-5-14(6-9-15)21-23-19-12-11-17-16-4-2-1-3-13(16)7-10-18(17)20(19)24-21/h1-12H,22H2,(H,23,24). The van der Waals surface area contributed by atoms with E-state index in [-0.39, 0.29) is 0 Å². The van der Waals surface area contributed by atoms with Gasteiger partial charge in [0.2, 0.25) is 0 Å². The van der Waals surface area contributed by atoms with Crippen LogP contribution in [0.25, 0.3) is 44.0 Å². The Hall–Kier alpha value is -3.33. The zero-order valence-corrected chi connectivity index (χ0v) is 13.0. The zero-order chi connectivity index (χ0) is 16.1. The van der Waals surface area contributed by atoms with Crippen molar-refractivity contribution in [3.05, 3.63) is 72.8 Å². The SMILES string of the molecule is Nc1ccc(-c2nc3c(ccc4c5ccccc5ccc43)[nH]2)cc1. The molecular weight excluding hydrogens is 294 g/mol. The Kier molecular flexibility index (Phi) is 2.65. The van der Waals surface area contributed by atoms with Crippen LogP contribution in [0.1, 0.15) is 0 Å². The molecular formula is C21H15N3. The molecule has 0 aliphatic rings. The van der Waals surface area contributed by atoms with Crippen molar-refractivity contribution in [2.45, 2.75) is 0 Å². The van der Waals surface area contributed by atoms with Crippen molar-refractivity contribution < 1.29 is 0 Å². The van der Waals surface area contributed by atoms with Crippen LogP contribution in [0, 0.1) is 0 Å². The number of fused-ring (bicyclic) bond motifs is 5. The molecule has 0 saturated carbocycles. The highest BCUT2D eigenvalue weighted by molar-refractivity contribution is 6.15. The predicted molar refractivity (Wildman–Crippen MR) is 101 cm³/mol. The second-order valence-corrected chi connectivity index (χ2v) is 6.05. The number of rotatable bonds is 1. The third-order valence-corrected chi connectivity index (χ3v) is 4.56. The third kappa shape index (κ3) is 1.88. The second-order valence-electron chi connectivity index (χ2n) is 6.05. The van der Waals surface area contributed by atoms with E-state index in [4.69, 9.17) is 10.7 Å². The molecule has 0 aliphatic heterocycles. The number of anilines is 1. The first kappa shape index (κ1) is 13.1. The number of aromatic amines is 1. The Morgan fingerprint density at radius 2 is 1.50 bits per heavy atom. The lowest BCUT2D eigenvalue weighted by Crippen LogP contribution is -1.84. The first-order valence-electron chi connectivity index (χ1n) is 7.96. The van der Waals surface area contributed by atoms with Crippen LogP contribution >= 0.6 is 0 Å². The summed E-state index contributed by atoms with van der Waals surface area (Å²) in [7, 11) is 0. The largest absolute Gasteiger partial charge is 0.399 e. The molecule has 4 aromatic carbocycles. The molecule has 0 amide bonds. The highest BCUT2D eigenvalue weighted by atomic mass is 14.9. The van der Waals surface area contributed by atoms with Gasteiger partial charge in [-0.15, -0.1) is 0 Å². The first-order chi connectivity index (χ1) is 11.8. The van der Waals surface area contributed by atoms with Crippen LogP contribution in [0.5, 0.6) is 0 Å². The fraction of sp³-hybridized carbons (Fsp3) is 0. The van der Waals surface area contributed by atoms with Crippen LogP contribution in [-0.4, -0.2) is 9.97 Å². The summed E-state index contributed by atoms with van der Waals surface area (Å²) in [5.74, 6) is 0.866. The number of nitrogens with zero attached hydrogens (tertiary/aromatic N) is 1. The number of nitrogen functional groups attached to an aromatic ring is 1. The lowest BCUT2D eigenvalue weighted by Gasteiger charge is -2.03. The normalized spacial score (nSPS) is 11.5. The average Bonchev–Trinajstić information content (AvgIpc) is 3.06. The topological polar surface area (TPSA) is 54.7 Å². The van der Waals surface area contributed by atoms with E-state index >= 15 is 0 Å². The van der Waals surface area contributed by atoms with E-state index in [0.717, 1.165) is 28.1 Å². The number of nitrogens with one attached hydrogen (secondary N) is 1. The Bertz CT molecular complexity index is 1200. The van der Waals surface area contributed by atoms with Gasteiger partial charge in [0.05, 0.1) is 11.0 Å². The average molecular weight is 309 g/mol. The number of hydrogen-bond acceptors (Lipinski definition) is 2. The summed E-state index contributed by atoms with van der Waals surface area (Å²) >= 11 is 0. The molecule has 0 unspecified atom stereocenters. The van der Waals surface area contributed by atoms with E-state index < -0.39 is 0 Å². The summed E-state index contributed by atoms with van der Waals surface area (Å²) in [5, 5.41) is 4.91. The van der Waals surface area contributed by atoms with Gasteiger partial charge in [0.25, 0.3) is 0 Å². The minimum absolute atomic E-state index is 0.756. The Morgan fingerprint density at radius 1 is 0.708 bits per heavy atom. The van der Waals surface area contributed by atoms with Crippen molar-refractivity contribution in [1.82, 2.24) is 9.97 Å². The van der Waals surface area contributed by atoms with E-state index in [1.54, 1.807) is 0 Å². The maximum absolute atomic E-state index is 5.78. The summed E-state index contributed by atoms with van der Waals surface area (Å²) in [5.41, 5.74) is 9.62. The Morgan fingerprint density at radius 3 is 2.38 bits per heavy atom. The Balaban J connectivity index is 1.81. The van der Waals surface area contributed by atoms with E-state index in [1.807, 2.05) is 24.3 Å². The van der Waals surface area contributed by atoms with Gasteiger partial charge in [-0.2, -0.15) is 0 Å². The van der Waals surface area contributed by atoms with Gasteiger partial charge in [0.15, 0.2) is 0 Å². The number of hydrogen-bond donors (Lipinski definition) is 2. The number of H-pyrrole nitrogens is 1. The van der Waals surface area contributed by atoms with Crippen LogP contribution in [-0.2, 0) is 0 Å². The summed E-state index contributed by atoms with van der Waals surface area (Å²) in [6.45, 7) is 0. The van der Waals surface area contributed by atoms with Crippen molar-refractivity contribution in [2.75, 3.05) is 5.73 Å². The molecule has 0 radical (unpaired) electrons. The number of imidazole rings is 1. The maximum Gasteiger partial charge on any atom is 0.138 e. The van der Waals surface area contributed by atoms with Crippen LogP contribution in [0.3, 0.4) is 0 Å². The minimum atomic E-state index is 0.756. The molecule has 3 heteroatoms. The molecule has 24 heavy (non-hydrogen) atoms. The molecule has 3 N–H and O–H groups in total. The van der Waals surface area contributed by atoms with Gasteiger partial charge in [0.1, 0.15) is 5.82 Å². The molecule has 0 spiro atoms. The van der Waals surface area contributed by atoms with E-state index in [0.29, 0.717) is 0 Å². The highest BCUT2D eigenvalue weighted by Gasteiger charge is 2.10. The molecule has 0 saturated heterocycles. The van der Waals surface area contributed by atoms with Crippen molar-refractivity contribution in [1.29, 1.82) is 0 Å². The van der Waals surface area contributed by atoms with Gasteiger partial charge in [-0.25, -0.2) is 4.98 Å². The molecule has 3 nitrogen and oxygen atoms in total. The number of aromatic nitrogens is 2. The molecule has 1 aromatic heterocycles. The van der Waals surface area contributed by atoms with Crippen LogP contribution in [0.2, 0.25) is 0 Å². The van der Waals surface area contributed by atoms with Crippen LogP contribution < -0.4 is 5.73 Å². The van der Waals surface area contributed by atoms with E-state index in [2.05, 4.69) is 53.5 Å². The molecule has 5 aromatic rings. The van der Waals surface area contributed by atoms with Gasteiger partial charge < -0.3 is 10.7 Å². The van der Waals surface area contributed by atoms with E-state index in [9.17, 15) is 0 Å². The van der Waals surface area contributed by atoms with Gasteiger partial charge in [-0.1, -0.05) is 42.5 Å². The minimum Gasteiger partial charge on any atom is -0.399 e. The van der Waals surface area contributed by atoms with Crippen molar-refractivity contribution in [2.24, 2.45) is 0 Å². The highest BCUT2D eigenvalue weighted by Crippen LogP contribution is 2.31. The molecule has 0 fully saturated rings. The van der Waals surface area contributed by atoms with Crippen molar-refractivity contribution in [3.8, 4) is 11.4 Å². The molecule has 1 heterocycles. The Labute approximate surface area is 138 Å². The first-order valence-corrected chi connectivity index (χ1v) is 7.96. The number of nitrogens with two attached hydrogens (primary N) is 1. The smallest absolute Gasteiger partial charge is 0.138 e. The summed E-state index contributed by atoms with van der Waals surface area (Å²) in [4.78, 5) is 8.27. The third-order valence-electron chi connectivity index (χ3n) is 4.56. The van der Waals surface area contributed by atoms with Crippen molar-refractivity contribution >= 4 is 38.3 Å². The van der Waals surface area contributed by atoms with Crippen LogP contribution in [0.4, 0.5) is 5.69 Å². The predicted octanol–water partition coefficient (Wildman–Crippen LogP) is 5.12. The lowest BCUT2D eigenvalue weighted by atomic mass is 10.0. The fourth-order valence-electron chi connectivity index (χ4n) is 3.34. The molecule has 0 aliphatic carbocycles. The van der Waals surface area contributed by atoms with Gasteiger partial charge in [0, 0.05) is 16.6 Å². The summed E-state index contributed by atoms with van der Waals surface area (Å²) < 4.78 is 0. The summed E-state index contributed by atoms with van der Waals surface area (Å²) in [6, 6.07) is 24.8. The van der Waals surface area contributed by atoms with Gasteiger partial charge in [-0.05, 0) is 46.5 Å². The molecule has 0 bridgehead atoms. The fourth-order valence-corrected chi connectivity index (χ4v) is 3.34. The van der Waals surface area contributed by atoms with Crippen LogP contribution in [0.15, 0.2) is 72.8 Å².